The van der Waals surface area contributed by atoms with E-state index in [0.717, 1.165) is 11.1 Å². The number of anilines is 1. The van der Waals surface area contributed by atoms with Crippen molar-refractivity contribution in [2.75, 3.05) is 11.4 Å². The maximum Gasteiger partial charge on any atom is 0.331 e. The van der Waals surface area contributed by atoms with Crippen LogP contribution in [0.3, 0.4) is 0 Å². The molecule has 0 saturated carbocycles. The van der Waals surface area contributed by atoms with Gasteiger partial charge in [0.05, 0.1) is 11.3 Å². The van der Waals surface area contributed by atoms with Crippen LogP contribution in [0, 0.1) is 13.8 Å². The fraction of sp³-hybridized carbons (Fsp3) is 0.312. The number of nitrogens with zero attached hydrogens (tertiary/aromatic N) is 1. The van der Waals surface area contributed by atoms with Crippen LogP contribution < -0.4 is 4.90 Å². The van der Waals surface area contributed by atoms with Crippen LogP contribution in [0.5, 0.6) is 0 Å². The fourth-order valence-electron chi connectivity index (χ4n) is 2.59. The topological polar surface area (TPSA) is 74.7 Å². The number of hydrogen-bond donors (Lipinski definition) is 1. The molecule has 0 spiro atoms. The number of aryl methyl sites for hydroxylation is 2. The summed E-state index contributed by atoms with van der Waals surface area (Å²) >= 11 is 0. The van der Waals surface area contributed by atoms with Crippen molar-refractivity contribution in [2.45, 2.75) is 27.2 Å². The Kier molecular flexibility index (Phi) is 3.93. The minimum Gasteiger partial charge on any atom is -0.478 e. The molecule has 1 heterocycles. The lowest BCUT2D eigenvalue weighted by Gasteiger charge is -2.17. The van der Waals surface area contributed by atoms with E-state index < -0.39 is 17.7 Å². The molecule has 21 heavy (non-hydrogen) atoms. The molecule has 1 amide bonds. The maximum absolute atomic E-state index is 12.1. The number of carbonyl (C=O) groups is 3. The van der Waals surface area contributed by atoms with Crippen molar-refractivity contribution in [3.05, 3.63) is 40.5 Å². The first-order valence-corrected chi connectivity index (χ1v) is 6.76. The average molecular weight is 287 g/mol. The molecule has 0 unspecified atom stereocenters. The van der Waals surface area contributed by atoms with E-state index in [0.29, 0.717) is 17.7 Å². The van der Waals surface area contributed by atoms with Gasteiger partial charge in [-0.05, 0) is 37.5 Å². The van der Waals surface area contributed by atoms with Gasteiger partial charge in [0, 0.05) is 12.1 Å². The third kappa shape index (κ3) is 2.59. The highest BCUT2D eigenvalue weighted by Gasteiger charge is 2.36. The lowest BCUT2D eigenvalue weighted by Crippen LogP contribution is -2.30. The zero-order valence-electron chi connectivity index (χ0n) is 12.3. The SMILES string of the molecule is CCC(=CCN1C(=O)C(=O)c2cc(C)cc(C)c21)C(=O)O. The molecule has 1 N–H and O–H groups in total. The summed E-state index contributed by atoms with van der Waals surface area (Å²) in [7, 11) is 0. The van der Waals surface area contributed by atoms with Crippen molar-refractivity contribution in [1.82, 2.24) is 0 Å². The molecule has 0 radical (unpaired) electrons. The number of hydrogen-bond acceptors (Lipinski definition) is 3. The summed E-state index contributed by atoms with van der Waals surface area (Å²) in [6.07, 6.45) is 1.85. The van der Waals surface area contributed by atoms with Gasteiger partial charge in [0.1, 0.15) is 0 Å². The molecule has 0 aliphatic carbocycles. The van der Waals surface area contributed by atoms with Gasteiger partial charge in [0.15, 0.2) is 0 Å². The molecular weight excluding hydrogens is 270 g/mol. The number of aliphatic carboxylic acids is 1. The third-order valence-corrected chi connectivity index (χ3v) is 3.57. The summed E-state index contributed by atoms with van der Waals surface area (Å²) in [5.41, 5.74) is 2.98. The van der Waals surface area contributed by atoms with E-state index in [-0.39, 0.29) is 12.1 Å². The second-order valence-electron chi connectivity index (χ2n) is 5.11. The van der Waals surface area contributed by atoms with E-state index >= 15 is 0 Å². The number of fused-ring (bicyclic) bond motifs is 1. The Morgan fingerprint density at radius 3 is 2.52 bits per heavy atom. The van der Waals surface area contributed by atoms with Gasteiger partial charge in [0.25, 0.3) is 11.7 Å². The molecule has 0 saturated heterocycles. The molecule has 5 nitrogen and oxygen atoms in total. The van der Waals surface area contributed by atoms with Gasteiger partial charge in [-0.25, -0.2) is 4.79 Å². The van der Waals surface area contributed by atoms with Gasteiger partial charge in [-0.1, -0.05) is 19.1 Å². The predicted octanol–water partition coefficient (Wildman–Crippen LogP) is 2.25. The van der Waals surface area contributed by atoms with Crippen molar-refractivity contribution < 1.29 is 19.5 Å². The number of benzene rings is 1. The summed E-state index contributed by atoms with van der Waals surface area (Å²) < 4.78 is 0. The molecule has 1 aliphatic rings. The Bertz CT molecular complexity index is 673. The van der Waals surface area contributed by atoms with Crippen molar-refractivity contribution in [2.24, 2.45) is 0 Å². The number of ketones is 1. The quantitative estimate of drug-likeness (QED) is 0.681. The maximum atomic E-state index is 12.1. The lowest BCUT2D eigenvalue weighted by molar-refractivity contribution is -0.132. The van der Waals surface area contributed by atoms with Gasteiger partial charge in [-0.2, -0.15) is 0 Å². The van der Waals surface area contributed by atoms with Crippen LogP contribution in [-0.2, 0) is 9.59 Å². The normalized spacial score (nSPS) is 14.6. The molecule has 1 aromatic rings. The molecule has 1 aromatic carbocycles. The van der Waals surface area contributed by atoms with Gasteiger partial charge in [-0.3, -0.25) is 9.59 Å². The van der Waals surface area contributed by atoms with E-state index in [1.54, 1.807) is 13.0 Å². The van der Waals surface area contributed by atoms with Gasteiger partial charge >= 0.3 is 5.97 Å². The average Bonchev–Trinajstić information content (AvgIpc) is 2.64. The first-order chi connectivity index (χ1) is 9.86. The van der Waals surface area contributed by atoms with Crippen LogP contribution in [0.15, 0.2) is 23.8 Å². The second-order valence-corrected chi connectivity index (χ2v) is 5.11. The van der Waals surface area contributed by atoms with Crippen LogP contribution in [0.4, 0.5) is 5.69 Å². The van der Waals surface area contributed by atoms with Crippen molar-refractivity contribution in [1.29, 1.82) is 0 Å². The monoisotopic (exact) mass is 287 g/mol. The van der Waals surface area contributed by atoms with Crippen molar-refractivity contribution in [3.8, 4) is 0 Å². The molecule has 2 rings (SSSR count). The Morgan fingerprint density at radius 1 is 1.29 bits per heavy atom. The molecule has 1 aliphatic heterocycles. The van der Waals surface area contributed by atoms with Gasteiger partial charge < -0.3 is 10.0 Å². The molecule has 0 atom stereocenters. The first-order valence-electron chi connectivity index (χ1n) is 6.76. The summed E-state index contributed by atoms with van der Waals surface area (Å²) in [4.78, 5) is 36.5. The van der Waals surface area contributed by atoms with Crippen molar-refractivity contribution in [3.63, 3.8) is 0 Å². The summed E-state index contributed by atoms with van der Waals surface area (Å²) in [6, 6.07) is 3.60. The third-order valence-electron chi connectivity index (χ3n) is 3.57. The minimum atomic E-state index is -1.00. The van der Waals surface area contributed by atoms with Gasteiger partial charge in [0.2, 0.25) is 0 Å². The second kappa shape index (κ2) is 5.52. The molecule has 110 valence electrons. The van der Waals surface area contributed by atoms with E-state index in [9.17, 15) is 14.4 Å². The van der Waals surface area contributed by atoms with Crippen molar-refractivity contribution >= 4 is 23.3 Å². The Morgan fingerprint density at radius 2 is 1.95 bits per heavy atom. The smallest absolute Gasteiger partial charge is 0.331 e. The van der Waals surface area contributed by atoms with E-state index in [2.05, 4.69) is 0 Å². The van der Waals surface area contributed by atoms with Crippen LogP contribution in [0.1, 0.15) is 34.8 Å². The number of carboxylic acids is 1. The Labute approximate surface area is 122 Å². The number of rotatable bonds is 4. The molecule has 0 aromatic heterocycles. The standard InChI is InChI=1S/C16H17NO4/c1-4-11(16(20)21)5-6-17-13-10(3)7-9(2)8-12(13)14(18)15(17)19/h5,7-8H,4,6H2,1-3H3,(H,20,21). The molecule has 0 fully saturated rings. The largest absolute Gasteiger partial charge is 0.478 e. The highest BCUT2D eigenvalue weighted by molar-refractivity contribution is 6.52. The highest BCUT2D eigenvalue weighted by atomic mass is 16.4. The minimum absolute atomic E-state index is 0.0942. The Hall–Kier alpha value is -2.43. The number of carboxylic acid groups (broad SMARTS) is 1. The summed E-state index contributed by atoms with van der Waals surface area (Å²) in [5, 5.41) is 9.01. The summed E-state index contributed by atoms with van der Waals surface area (Å²) in [6.45, 7) is 5.54. The van der Waals surface area contributed by atoms with Crippen LogP contribution >= 0.6 is 0 Å². The van der Waals surface area contributed by atoms with Gasteiger partial charge in [-0.15, -0.1) is 0 Å². The fourth-order valence-corrected chi connectivity index (χ4v) is 2.59. The van der Waals surface area contributed by atoms with E-state index in [1.807, 2.05) is 19.9 Å². The zero-order valence-corrected chi connectivity index (χ0v) is 12.3. The predicted molar refractivity (Wildman–Crippen MR) is 78.6 cm³/mol. The lowest BCUT2D eigenvalue weighted by atomic mass is 10.0. The first kappa shape index (κ1) is 15.0. The van der Waals surface area contributed by atoms with E-state index in [1.165, 1.54) is 11.0 Å². The summed E-state index contributed by atoms with van der Waals surface area (Å²) in [5.74, 6) is -2.13. The van der Waals surface area contributed by atoms with E-state index in [4.69, 9.17) is 5.11 Å². The number of amides is 1. The van der Waals surface area contributed by atoms with Crippen LogP contribution in [-0.4, -0.2) is 29.3 Å². The van der Waals surface area contributed by atoms with Crippen LogP contribution in [0.25, 0.3) is 0 Å². The Balaban J connectivity index is 2.42. The highest BCUT2D eigenvalue weighted by Crippen LogP contribution is 2.33. The number of Topliss-reactive ketones (excluding diaryl/α,β-unsaturated/α-hetero) is 1. The van der Waals surface area contributed by atoms with Crippen LogP contribution in [0.2, 0.25) is 0 Å². The zero-order chi connectivity index (χ0) is 15.7. The number of carbonyl (C=O) groups excluding carboxylic acids is 2. The molecular formula is C16H17NO4. The molecule has 0 bridgehead atoms. The molecule has 5 heteroatoms.